The van der Waals surface area contributed by atoms with Gasteiger partial charge in [-0.05, 0) is 0 Å². The first-order valence-corrected chi connectivity index (χ1v) is 3.51. The van der Waals surface area contributed by atoms with E-state index < -0.39 is 24.4 Å². The van der Waals surface area contributed by atoms with E-state index >= 15 is 0 Å². The van der Waals surface area contributed by atoms with E-state index in [4.69, 9.17) is 10.2 Å². The van der Waals surface area contributed by atoms with Crippen LogP contribution in [-0.2, 0) is 9.59 Å². The first-order valence-electron chi connectivity index (χ1n) is 3.51. The number of carboxylic acids is 2. The van der Waals surface area contributed by atoms with Gasteiger partial charge >= 0.3 is 11.9 Å². The second kappa shape index (κ2) is 5.50. The van der Waals surface area contributed by atoms with Gasteiger partial charge in [0.15, 0.2) is 0 Å². The summed E-state index contributed by atoms with van der Waals surface area (Å²) in [6.45, 7) is 2.30. The number of carboxylic acid groups (broad SMARTS) is 2. The third-order valence-corrected chi connectivity index (χ3v) is 1.13. The number of aliphatic carboxylic acids is 2. The number of hydrazine groups is 1. The topological polar surface area (TPSA) is 98.7 Å². The van der Waals surface area contributed by atoms with Gasteiger partial charge < -0.3 is 10.2 Å². The van der Waals surface area contributed by atoms with E-state index in [1.807, 2.05) is 0 Å². The Kier molecular flexibility index (Phi) is 4.98. The van der Waals surface area contributed by atoms with E-state index in [2.05, 4.69) is 10.9 Å². The number of hydrogen-bond donors (Lipinski definition) is 4. The highest BCUT2D eigenvalue weighted by Crippen LogP contribution is 1.90. The maximum atomic E-state index is 10.4. The van der Waals surface area contributed by atoms with Crippen LogP contribution in [0.1, 0.15) is 13.3 Å². The molecule has 6 heteroatoms. The van der Waals surface area contributed by atoms with Gasteiger partial charge in [0.1, 0.15) is 6.04 Å². The predicted octanol–water partition coefficient (Wildman–Crippen LogP) is -0.972. The van der Waals surface area contributed by atoms with Gasteiger partial charge in [-0.2, -0.15) is 0 Å². The van der Waals surface area contributed by atoms with Crippen LogP contribution in [0.4, 0.5) is 0 Å². The lowest BCUT2D eigenvalue weighted by Gasteiger charge is -2.11. The molecule has 0 bridgehead atoms. The Morgan fingerprint density at radius 3 is 2.33 bits per heavy atom. The molecule has 0 aromatic heterocycles. The minimum Gasteiger partial charge on any atom is -0.481 e. The first-order chi connectivity index (χ1) is 5.57. The maximum absolute atomic E-state index is 10.4. The largest absolute Gasteiger partial charge is 0.481 e. The molecule has 4 N–H and O–H groups in total. The zero-order valence-electron chi connectivity index (χ0n) is 6.70. The number of nitrogens with one attached hydrogen (secondary N) is 2. The fourth-order valence-corrected chi connectivity index (χ4v) is 0.600. The van der Waals surface area contributed by atoms with Crippen LogP contribution in [0.2, 0.25) is 0 Å². The highest BCUT2D eigenvalue weighted by atomic mass is 16.4. The molecule has 0 rings (SSSR count). The molecule has 0 heterocycles. The molecule has 1 atom stereocenters. The third-order valence-electron chi connectivity index (χ3n) is 1.13. The molecule has 12 heavy (non-hydrogen) atoms. The molecule has 6 nitrogen and oxygen atoms in total. The van der Waals surface area contributed by atoms with Crippen molar-refractivity contribution in [2.75, 3.05) is 6.54 Å². The van der Waals surface area contributed by atoms with E-state index in [1.54, 1.807) is 6.92 Å². The quantitative estimate of drug-likeness (QED) is 0.388. The molecule has 0 aliphatic heterocycles. The fourth-order valence-electron chi connectivity index (χ4n) is 0.600. The molecule has 0 radical (unpaired) electrons. The van der Waals surface area contributed by atoms with Crippen LogP contribution in [0, 0.1) is 0 Å². The molecule has 70 valence electrons. The molecule has 0 aliphatic carbocycles. The van der Waals surface area contributed by atoms with Gasteiger partial charge in [-0.1, -0.05) is 6.92 Å². The van der Waals surface area contributed by atoms with Crippen molar-refractivity contribution in [1.82, 2.24) is 10.9 Å². The summed E-state index contributed by atoms with van der Waals surface area (Å²) in [5.74, 6) is -2.33. The monoisotopic (exact) mass is 176 g/mol. The summed E-state index contributed by atoms with van der Waals surface area (Å²) >= 11 is 0. The Morgan fingerprint density at radius 1 is 1.42 bits per heavy atom. The molecule has 0 fully saturated rings. The van der Waals surface area contributed by atoms with Crippen LogP contribution in [0.15, 0.2) is 0 Å². The highest BCUT2D eigenvalue weighted by molar-refractivity contribution is 5.80. The van der Waals surface area contributed by atoms with E-state index in [9.17, 15) is 9.59 Å². The zero-order chi connectivity index (χ0) is 9.56. The van der Waals surface area contributed by atoms with Gasteiger partial charge in [-0.3, -0.25) is 15.0 Å². The molecule has 0 aromatic carbocycles. The van der Waals surface area contributed by atoms with Crippen molar-refractivity contribution in [3.05, 3.63) is 0 Å². The van der Waals surface area contributed by atoms with E-state index in [0.717, 1.165) is 0 Å². The summed E-state index contributed by atoms with van der Waals surface area (Å²) in [7, 11) is 0. The van der Waals surface area contributed by atoms with Crippen LogP contribution in [-0.4, -0.2) is 34.7 Å². The van der Waals surface area contributed by atoms with Gasteiger partial charge in [0, 0.05) is 6.54 Å². The van der Waals surface area contributed by atoms with Crippen LogP contribution in [0.5, 0.6) is 0 Å². The lowest BCUT2D eigenvalue weighted by Crippen LogP contribution is -2.46. The predicted molar refractivity (Wildman–Crippen MR) is 40.5 cm³/mol. The minimum absolute atomic E-state index is 0.442. The smallest absolute Gasteiger partial charge is 0.322 e. The summed E-state index contributed by atoms with van der Waals surface area (Å²) in [6, 6.07) is -1.08. The van der Waals surface area contributed by atoms with E-state index in [1.165, 1.54) is 0 Å². The van der Waals surface area contributed by atoms with Gasteiger partial charge in [0.2, 0.25) is 0 Å². The van der Waals surface area contributed by atoms with Crippen LogP contribution in [0.25, 0.3) is 0 Å². The minimum atomic E-state index is -1.18. The normalized spacial score (nSPS) is 12.4. The van der Waals surface area contributed by atoms with Crippen molar-refractivity contribution in [2.45, 2.75) is 19.4 Å². The highest BCUT2D eigenvalue weighted by Gasteiger charge is 2.19. The van der Waals surface area contributed by atoms with Crippen molar-refractivity contribution in [3.63, 3.8) is 0 Å². The van der Waals surface area contributed by atoms with Gasteiger partial charge in [-0.15, -0.1) is 0 Å². The summed E-state index contributed by atoms with van der Waals surface area (Å²) in [4.78, 5) is 20.5. The van der Waals surface area contributed by atoms with Crippen molar-refractivity contribution in [1.29, 1.82) is 0 Å². The fraction of sp³-hybridized carbons (Fsp3) is 0.667. The Labute approximate surface area is 69.5 Å². The number of hydrogen-bond acceptors (Lipinski definition) is 4. The molecular formula is C6H12N2O4. The molecule has 0 saturated carbocycles. The second-order valence-electron chi connectivity index (χ2n) is 2.16. The van der Waals surface area contributed by atoms with Crippen LogP contribution in [0.3, 0.4) is 0 Å². The van der Waals surface area contributed by atoms with Gasteiger partial charge in [0.25, 0.3) is 0 Å². The van der Waals surface area contributed by atoms with Crippen molar-refractivity contribution < 1.29 is 19.8 Å². The first kappa shape index (κ1) is 10.9. The molecular weight excluding hydrogens is 164 g/mol. The number of rotatable bonds is 6. The Balaban J connectivity index is 3.87. The summed E-state index contributed by atoms with van der Waals surface area (Å²) < 4.78 is 0. The van der Waals surface area contributed by atoms with Crippen molar-refractivity contribution in [3.8, 4) is 0 Å². The Bertz CT molecular complexity index is 171. The molecule has 0 amide bonds. The van der Waals surface area contributed by atoms with Crippen molar-refractivity contribution in [2.24, 2.45) is 0 Å². The second-order valence-corrected chi connectivity index (χ2v) is 2.16. The maximum Gasteiger partial charge on any atom is 0.322 e. The lowest BCUT2D eigenvalue weighted by atomic mass is 10.2. The molecule has 1 unspecified atom stereocenters. The molecule has 0 aromatic rings. The SMILES string of the molecule is CCNNC(CC(=O)O)C(=O)O. The van der Waals surface area contributed by atoms with Crippen LogP contribution >= 0.6 is 0 Å². The average Bonchev–Trinajstić information content (AvgIpc) is 1.96. The molecule has 0 saturated heterocycles. The summed E-state index contributed by atoms with van der Waals surface area (Å²) in [5.41, 5.74) is 4.91. The zero-order valence-corrected chi connectivity index (χ0v) is 6.70. The Morgan fingerprint density at radius 2 is 2.00 bits per heavy atom. The molecule has 0 aliphatic rings. The summed E-state index contributed by atoms with van der Waals surface area (Å²) in [5, 5.41) is 16.8. The average molecular weight is 176 g/mol. The lowest BCUT2D eigenvalue weighted by molar-refractivity contribution is -0.146. The van der Waals surface area contributed by atoms with Gasteiger partial charge in [-0.25, -0.2) is 5.43 Å². The van der Waals surface area contributed by atoms with Gasteiger partial charge in [0.05, 0.1) is 6.42 Å². The third kappa shape index (κ3) is 4.64. The van der Waals surface area contributed by atoms with Crippen LogP contribution < -0.4 is 10.9 Å². The van der Waals surface area contributed by atoms with E-state index in [-0.39, 0.29) is 0 Å². The van der Waals surface area contributed by atoms with Crippen molar-refractivity contribution >= 4 is 11.9 Å². The number of carbonyl (C=O) groups is 2. The van der Waals surface area contributed by atoms with E-state index in [0.29, 0.717) is 6.54 Å². The summed E-state index contributed by atoms with van der Waals surface area (Å²) in [6.07, 6.45) is -0.442. The standard InChI is InChI=1S/C6H12N2O4/c1-2-7-8-4(6(11)12)3-5(9)10/h4,7-8H,2-3H2,1H3,(H,9,10)(H,11,12). The molecule has 0 spiro atoms. The Hall–Kier alpha value is -1.14.